The molecule has 1 aliphatic rings. The fraction of sp³-hybridized carbons (Fsp3) is 0.526. The Balaban J connectivity index is 1.46. The van der Waals surface area contributed by atoms with E-state index in [1.807, 2.05) is 38.1 Å². The Labute approximate surface area is 153 Å². The Kier molecular flexibility index (Phi) is 5.88. The maximum atomic E-state index is 12.2. The molecule has 0 aliphatic carbocycles. The second-order valence-electron chi connectivity index (χ2n) is 6.96. The number of carbonyl (C=O) groups excluding carboxylic acids is 1. The van der Waals surface area contributed by atoms with Crippen LogP contribution in [-0.2, 0) is 4.79 Å². The molecule has 0 radical (unpaired) electrons. The van der Waals surface area contributed by atoms with Crippen molar-refractivity contribution in [3.8, 4) is 5.75 Å². The lowest BCUT2D eigenvalue weighted by atomic mass is 9.97. The molecule has 0 spiro atoms. The van der Waals surface area contributed by atoms with Gasteiger partial charge in [0.25, 0.3) is 0 Å². The summed E-state index contributed by atoms with van der Waals surface area (Å²) >= 11 is 0. The first kappa shape index (κ1) is 18.4. The van der Waals surface area contributed by atoms with Crippen LogP contribution in [0.15, 0.2) is 28.7 Å². The topological polar surface area (TPSA) is 80.5 Å². The molecular weight excluding hydrogens is 332 g/mol. The second-order valence-corrected chi connectivity index (χ2v) is 6.96. The van der Waals surface area contributed by atoms with E-state index in [0.717, 1.165) is 43.3 Å². The highest BCUT2D eigenvalue weighted by molar-refractivity contribution is 5.92. The Bertz CT molecular complexity index is 719. The van der Waals surface area contributed by atoms with Gasteiger partial charge in [0.2, 0.25) is 17.7 Å². The number of ether oxygens (including phenoxy) is 1. The molecule has 1 saturated heterocycles. The van der Waals surface area contributed by atoms with E-state index >= 15 is 0 Å². The van der Waals surface area contributed by atoms with Crippen molar-refractivity contribution in [2.75, 3.05) is 32.1 Å². The quantitative estimate of drug-likeness (QED) is 0.855. The number of hydrogen-bond acceptors (Lipinski definition) is 6. The van der Waals surface area contributed by atoms with Crippen LogP contribution in [0.2, 0.25) is 0 Å². The van der Waals surface area contributed by atoms with Crippen LogP contribution in [0.5, 0.6) is 5.75 Å². The number of carbonyl (C=O) groups is 1. The van der Waals surface area contributed by atoms with E-state index in [2.05, 4.69) is 20.4 Å². The Hall–Kier alpha value is -2.41. The number of piperidine rings is 1. The van der Waals surface area contributed by atoms with Crippen molar-refractivity contribution in [1.82, 2.24) is 15.1 Å². The lowest BCUT2D eigenvalue weighted by Gasteiger charge is -2.29. The first-order valence-corrected chi connectivity index (χ1v) is 9.04. The Morgan fingerprint density at radius 2 is 1.96 bits per heavy atom. The minimum atomic E-state index is -0.00602. The zero-order chi connectivity index (χ0) is 18.5. The van der Waals surface area contributed by atoms with Crippen molar-refractivity contribution in [3.05, 3.63) is 36.0 Å². The number of rotatable bonds is 6. The molecule has 1 aliphatic heterocycles. The number of nitrogens with zero attached hydrogens (tertiary/aromatic N) is 3. The van der Waals surface area contributed by atoms with Gasteiger partial charge in [-0.3, -0.25) is 9.69 Å². The standard InChI is InChI=1S/C19H26N4O3/c1-13(2)18-21-22-19(26-18)14-8-10-23(11-9-14)12-17(24)20-15-4-6-16(25-3)7-5-15/h4-7,13-14H,8-12H2,1-3H3,(H,20,24). The summed E-state index contributed by atoms with van der Waals surface area (Å²) in [5.74, 6) is 2.73. The summed E-state index contributed by atoms with van der Waals surface area (Å²) in [7, 11) is 1.62. The molecule has 0 atom stereocenters. The third-order valence-corrected chi connectivity index (χ3v) is 4.63. The highest BCUT2D eigenvalue weighted by atomic mass is 16.5. The maximum Gasteiger partial charge on any atom is 0.238 e. The maximum absolute atomic E-state index is 12.2. The van der Waals surface area contributed by atoms with Gasteiger partial charge in [-0.25, -0.2) is 0 Å². The third-order valence-electron chi connectivity index (χ3n) is 4.63. The first-order chi connectivity index (χ1) is 12.5. The van der Waals surface area contributed by atoms with Gasteiger partial charge in [-0.2, -0.15) is 0 Å². The molecule has 2 aromatic rings. The normalized spacial score (nSPS) is 16.0. The molecule has 1 amide bonds. The van der Waals surface area contributed by atoms with E-state index in [9.17, 15) is 4.79 Å². The minimum absolute atomic E-state index is 0.00602. The van der Waals surface area contributed by atoms with Crippen molar-refractivity contribution in [3.63, 3.8) is 0 Å². The molecule has 7 nitrogen and oxygen atoms in total. The number of benzene rings is 1. The summed E-state index contributed by atoms with van der Waals surface area (Å²) in [6.07, 6.45) is 1.85. The average Bonchev–Trinajstić information content (AvgIpc) is 3.13. The third kappa shape index (κ3) is 4.60. The zero-order valence-corrected chi connectivity index (χ0v) is 15.6. The van der Waals surface area contributed by atoms with Crippen LogP contribution in [0.1, 0.15) is 50.3 Å². The van der Waals surface area contributed by atoms with E-state index in [0.29, 0.717) is 12.4 Å². The lowest BCUT2D eigenvalue weighted by Crippen LogP contribution is -2.38. The van der Waals surface area contributed by atoms with E-state index in [1.165, 1.54) is 0 Å². The van der Waals surface area contributed by atoms with E-state index in [-0.39, 0.29) is 17.7 Å². The van der Waals surface area contributed by atoms with Gasteiger partial charge in [0.05, 0.1) is 13.7 Å². The Morgan fingerprint density at radius 3 is 2.54 bits per heavy atom. The SMILES string of the molecule is COc1ccc(NC(=O)CN2CCC(c3nnc(C(C)C)o3)CC2)cc1. The number of hydrogen-bond donors (Lipinski definition) is 1. The van der Waals surface area contributed by atoms with Gasteiger partial charge in [-0.15, -0.1) is 10.2 Å². The summed E-state index contributed by atoms with van der Waals surface area (Å²) in [4.78, 5) is 14.4. The van der Waals surface area contributed by atoms with Crippen molar-refractivity contribution in [1.29, 1.82) is 0 Å². The minimum Gasteiger partial charge on any atom is -0.497 e. The predicted octanol–water partition coefficient (Wildman–Crippen LogP) is 3.02. The van der Waals surface area contributed by atoms with Crippen molar-refractivity contribution in [2.24, 2.45) is 0 Å². The van der Waals surface area contributed by atoms with Gasteiger partial charge in [0.15, 0.2) is 0 Å². The predicted molar refractivity (Wildman–Crippen MR) is 98.4 cm³/mol. The van der Waals surface area contributed by atoms with Crippen LogP contribution in [0, 0.1) is 0 Å². The van der Waals surface area contributed by atoms with E-state index in [4.69, 9.17) is 9.15 Å². The van der Waals surface area contributed by atoms with E-state index < -0.39 is 0 Å². The number of aromatic nitrogens is 2. The van der Waals surface area contributed by atoms with Crippen LogP contribution in [0.3, 0.4) is 0 Å². The molecule has 1 fully saturated rings. The van der Waals surface area contributed by atoms with Gasteiger partial charge in [-0.1, -0.05) is 13.8 Å². The number of methoxy groups -OCH3 is 1. The van der Waals surface area contributed by atoms with Crippen molar-refractivity contribution in [2.45, 2.75) is 38.5 Å². The van der Waals surface area contributed by atoms with Gasteiger partial charge in [-0.05, 0) is 50.2 Å². The molecule has 1 N–H and O–H groups in total. The molecule has 0 bridgehead atoms. The van der Waals surface area contributed by atoms with Gasteiger partial charge >= 0.3 is 0 Å². The molecular formula is C19H26N4O3. The molecule has 7 heteroatoms. The second kappa shape index (κ2) is 8.31. The van der Waals surface area contributed by atoms with Crippen LogP contribution in [0.25, 0.3) is 0 Å². The molecule has 0 unspecified atom stereocenters. The lowest BCUT2D eigenvalue weighted by molar-refractivity contribution is -0.117. The molecule has 2 heterocycles. The number of anilines is 1. The summed E-state index contributed by atoms with van der Waals surface area (Å²) in [5, 5.41) is 11.2. The molecule has 1 aromatic heterocycles. The summed E-state index contributed by atoms with van der Waals surface area (Å²) in [6, 6.07) is 7.34. The van der Waals surface area contributed by atoms with Crippen LogP contribution in [0.4, 0.5) is 5.69 Å². The van der Waals surface area contributed by atoms with Crippen molar-refractivity contribution >= 4 is 11.6 Å². The number of likely N-dealkylation sites (tertiary alicyclic amines) is 1. The van der Waals surface area contributed by atoms with Gasteiger partial charge in [0.1, 0.15) is 5.75 Å². The zero-order valence-electron chi connectivity index (χ0n) is 15.6. The summed E-state index contributed by atoms with van der Waals surface area (Å²) in [6.45, 7) is 6.17. The molecule has 1 aromatic carbocycles. The number of nitrogens with one attached hydrogen (secondary N) is 1. The van der Waals surface area contributed by atoms with Crippen LogP contribution >= 0.6 is 0 Å². The largest absolute Gasteiger partial charge is 0.497 e. The summed E-state index contributed by atoms with van der Waals surface area (Å²) in [5.41, 5.74) is 0.776. The fourth-order valence-corrected chi connectivity index (χ4v) is 3.06. The molecule has 0 saturated carbocycles. The van der Waals surface area contributed by atoms with Crippen LogP contribution in [-0.4, -0.2) is 47.7 Å². The van der Waals surface area contributed by atoms with Crippen molar-refractivity contribution < 1.29 is 13.9 Å². The first-order valence-electron chi connectivity index (χ1n) is 9.04. The van der Waals surface area contributed by atoms with Gasteiger partial charge in [0, 0.05) is 17.5 Å². The molecule has 26 heavy (non-hydrogen) atoms. The van der Waals surface area contributed by atoms with Crippen LogP contribution < -0.4 is 10.1 Å². The smallest absolute Gasteiger partial charge is 0.238 e. The highest BCUT2D eigenvalue weighted by Crippen LogP contribution is 2.28. The van der Waals surface area contributed by atoms with Gasteiger partial charge < -0.3 is 14.5 Å². The van der Waals surface area contributed by atoms with E-state index in [1.54, 1.807) is 7.11 Å². The monoisotopic (exact) mass is 358 g/mol. The fourth-order valence-electron chi connectivity index (χ4n) is 3.06. The molecule has 140 valence electrons. The summed E-state index contributed by atoms with van der Waals surface area (Å²) < 4.78 is 10.9. The highest BCUT2D eigenvalue weighted by Gasteiger charge is 2.26. The average molecular weight is 358 g/mol. The number of amides is 1. The molecule has 3 rings (SSSR count). The Morgan fingerprint density at radius 1 is 1.27 bits per heavy atom.